The molecular weight excluding hydrogens is 402 g/mol. The van der Waals surface area contributed by atoms with E-state index in [1.54, 1.807) is 17.0 Å². The van der Waals surface area contributed by atoms with Crippen molar-refractivity contribution in [1.29, 1.82) is 0 Å². The Balaban J connectivity index is 1.45. The molecule has 1 aliphatic heterocycles. The molecule has 2 heterocycles. The van der Waals surface area contributed by atoms with Gasteiger partial charge in [0.1, 0.15) is 5.69 Å². The summed E-state index contributed by atoms with van der Waals surface area (Å²) < 4.78 is 27.3. The van der Waals surface area contributed by atoms with Crippen LogP contribution in [0.25, 0.3) is 11.3 Å². The van der Waals surface area contributed by atoms with Crippen LogP contribution in [-0.2, 0) is 10.0 Å². The summed E-state index contributed by atoms with van der Waals surface area (Å²) in [6.45, 7) is 1.15. The number of amides is 1. The number of nitrogens with zero attached hydrogens (tertiary/aromatic N) is 5. The monoisotopic (exact) mass is 425 g/mol. The third kappa shape index (κ3) is 3.86. The highest BCUT2D eigenvalue weighted by Gasteiger charge is 2.29. The smallest absolute Gasteiger partial charge is 0.253 e. The summed E-state index contributed by atoms with van der Waals surface area (Å²) in [5, 5.41) is 8.51. The minimum absolute atomic E-state index is 0.0623. The van der Waals surface area contributed by atoms with Crippen LogP contribution in [0.15, 0.2) is 65.7 Å². The molecule has 1 amide bonds. The Kier molecular flexibility index (Phi) is 5.40. The zero-order valence-corrected chi connectivity index (χ0v) is 17.7. The number of rotatable bonds is 5. The topological polar surface area (TPSA) is 88.4 Å². The van der Waals surface area contributed by atoms with Crippen molar-refractivity contribution in [2.75, 3.05) is 27.2 Å². The van der Waals surface area contributed by atoms with E-state index in [1.165, 1.54) is 26.2 Å². The first-order valence-corrected chi connectivity index (χ1v) is 11.1. The first kappa shape index (κ1) is 20.2. The molecule has 0 N–H and O–H groups in total. The van der Waals surface area contributed by atoms with Crippen LogP contribution in [0.1, 0.15) is 22.8 Å². The van der Waals surface area contributed by atoms with Gasteiger partial charge in [0.15, 0.2) is 0 Å². The molecule has 1 atom stereocenters. The van der Waals surface area contributed by atoms with Crippen molar-refractivity contribution in [3.63, 3.8) is 0 Å². The fourth-order valence-corrected chi connectivity index (χ4v) is 4.40. The molecule has 0 aliphatic carbocycles. The lowest BCUT2D eigenvalue weighted by molar-refractivity contribution is 0.0787. The maximum Gasteiger partial charge on any atom is 0.253 e. The van der Waals surface area contributed by atoms with Gasteiger partial charge in [0.2, 0.25) is 10.0 Å². The number of carbonyl (C=O) groups is 1. The molecule has 1 fully saturated rings. The van der Waals surface area contributed by atoms with Crippen LogP contribution in [0.5, 0.6) is 0 Å². The number of aromatic nitrogens is 3. The summed E-state index contributed by atoms with van der Waals surface area (Å²) in [5.41, 5.74) is 2.28. The second-order valence-corrected chi connectivity index (χ2v) is 9.61. The van der Waals surface area contributed by atoms with Gasteiger partial charge in [-0.2, -0.15) is 0 Å². The third-order valence-corrected chi connectivity index (χ3v) is 7.11. The maximum absolute atomic E-state index is 12.9. The van der Waals surface area contributed by atoms with Gasteiger partial charge in [0.25, 0.3) is 5.91 Å². The zero-order valence-electron chi connectivity index (χ0n) is 16.8. The molecule has 0 bridgehead atoms. The van der Waals surface area contributed by atoms with E-state index < -0.39 is 10.0 Å². The van der Waals surface area contributed by atoms with E-state index in [2.05, 4.69) is 10.3 Å². The van der Waals surface area contributed by atoms with Crippen LogP contribution in [0, 0.1) is 0 Å². The van der Waals surface area contributed by atoms with Crippen LogP contribution in [0.3, 0.4) is 0 Å². The molecule has 0 radical (unpaired) electrons. The summed E-state index contributed by atoms with van der Waals surface area (Å²) in [6, 6.07) is 16.0. The van der Waals surface area contributed by atoms with Crippen LogP contribution in [0.4, 0.5) is 0 Å². The summed E-state index contributed by atoms with van der Waals surface area (Å²) in [7, 11) is -0.557. The molecule has 30 heavy (non-hydrogen) atoms. The van der Waals surface area contributed by atoms with E-state index in [-0.39, 0.29) is 16.8 Å². The first-order chi connectivity index (χ1) is 14.4. The Bertz CT molecular complexity index is 1140. The number of hydrogen-bond donors (Lipinski definition) is 0. The van der Waals surface area contributed by atoms with Gasteiger partial charge < -0.3 is 4.90 Å². The van der Waals surface area contributed by atoms with Crippen molar-refractivity contribution in [1.82, 2.24) is 24.2 Å². The normalized spacial score (nSPS) is 16.9. The molecule has 4 rings (SSSR count). The van der Waals surface area contributed by atoms with Gasteiger partial charge in [-0.1, -0.05) is 35.5 Å². The zero-order chi connectivity index (χ0) is 21.3. The Morgan fingerprint density at radius 1 is 1.07 bits per heavy atom. The minimum Gasteiger partial charge on any atom is -0.336 e. The van der Waals surface area contributed by atoms with Crippen molar-refractivity contribution in [3.8, 4) is 11.3 Å². The van der Waals surface area contributed by atoms with Gasteiger partial charge in [-0.25, -0.2) is 17.4 Å². The summed E-state index contributed by atoms with van der Waals surface area (Å²) in [4.78, 5) is 14.8. The average Bonchev–Trinajstić information content (AvgIpc) is 3.43. The van der Waals surface area contributed by atoms with Gasteiger partial charge >= 0.3 is 0 Å². The van der Waals surface area contributed by atoms with E-state index in [1.807, 2.05) is 41.2 Å². The van der Waals surface area contributed by atoms with Crippen LogP contribution < -0.4 is 0 Å². The Morgan fingerprint density at radius 2 is 1.77 bits per heavy atom. The Morgan fingerprint density at radius 3 is 2.43 bits per heavy atom. The number of carbonyl (C=O) groups excluding carboxylic acids is 1. The van der Waals surface area contributed by atoms with Crippen LogP contribution in [0.2, 0.25) is 0 Å². The quantitative estimate of drug-likeness (QED) is 0.626. The predicted octanol–water partition coefficient (Wildman–Crippen LogP) is 2.28. The molecule has 1 aromatic heterocycles. The largest absolute Gasteiger partial charge is 0.336 e. The second-order valence-electron chi connectivity index (χ2n) is 7.46. The van der Waals surface area contributed by atoms with Crippen molar-refractivity contribution < 1.29 is 13.2 Å². The minimum atomic E-state index is -3.51. The molecule has 2 aromatic carbocycles. The fraction of sp³-hybridized carbons (Fsp3) is 0.286. The standard InChI is InChI=1S/C21H23N5O3S/c1-24(2)30(28,29)19-10-8-17(9-11-19)21(27)25-13-12-18(14-25)26-15-20(22-23-26)16-6-4-3-5-7-16/h3-11,15,18H,12-14H2,1-2H3. The van der Waals surface area contributed by atoms with E-state index in [9.17, 15) is 13.2 Å². The number of hydrogen-bond acceptors (Lipinski definition) is 5. The molecule has 1 saturated heterocycles. The number of sulfonamides is 1. The Hall–Kier alpha value is -3.04. The SMILES string of the molecule is CN(C)S(=O)(=O)c1ccc(C(=O)N2CCC(n3cc(-c4ccccc4)nn3)C2)cc1. The van der Waals surface area contributed by atoms with E-state index in [0.29, 0.717) is 18.7 Å². The second kappa shape index (κ2) is 8.00. The molecule has 8 nitrogen and oxygen atoms in total. The Labute approximate surface area is 175 Å². The summed E-state index contributed by atoms with van der Waals surface area (Å²) in [6.07, 6.45) is 2.70. The van der Waals surface area contributed by atoms with Gasteiger partial charge in [-0.3, -0.25) is 4.79 Å². The third-order valence-electron chi connectivity index (χ3n) is 5.28. The van der Waals surface area contributed by atoms with Crippen molar-refractivity contribution >= 4 is 15.9 Å². The lowest BCUT2D eigenvalue weighted by atomic mass is 10.2. The van der Waals surface area contributed by atoms with Gasteiger partial charge in [0, 0.05) is 38.3 Å². The first-order valence-electron chi connectivity index (χ1n) is 9.65. The molecule has 1 unspecified atom stereocenters. The average molecular weight is 426 g/mol. The molecule has 0 saturated carbocycles. The lowest BCUT2D eigenvalue weighted by Gasteiger charge is -2.17. The van der Waals surface area contributed by atoms with Gasteiger partial charge in [-0.05, 0) is 30.7 Å². The summed E-state index contributed by atoms with van der Waals surface area (Å²) in [5.74, 6) is -0.116. The van der Waals surface area contributed by atoms with E-state index >= 15 is 0 Å². The van der Waals surface area contributed by atoms with E-state index in [0.717, 1.165) is 22.0 Å². The summed E-state index contributed by atoms with van der Waals surface area (Å²) >= 11 is 0. The highest BCUT2D eigenvalue weighted by molar-refractivity contribution is 7.89. The molecule has 9 heteroatoms. The molecule has 0 spiro atoms. The highest BCUT2D eigenvalue weighted by atomic mass is 32.2. The van der Waals surface area contributed by atoms with Crippen LogP contribution in [-0.4, -0.2) is 65.7 Å². The molecule has 156 valence electrons. The number of likely N-dealkylation sites (tertiary alicyclic amines) is 1. The van der Waals surface area contributed by atoms with Crippen molar-refractivity contribution in [2.45, 2.75) is 17.4 Å². The van der Waals surface area contributed by atoms with Crippen molar-refractivity contribution in [2.24, 2.45) is 0 Å². The predicted molar refractivity (Wildman–Crippen MR) is 112 cm³/mol. The molecule has 3 aromatic rings. The van der Waals surface area contributed by atoms with Gasteiger partial charge in [0.05, 0.1) is 17.1 Å². The van der Waals surface area contributed by atoms with E-state index in [4.69, 9.17) is 0 Å². The highest BCUT2D eigenvalue weighted by Crippen LogP contribution is 2.25. The maximum atomic E-state index is 12.9. The lowest BCUT2D eigenvalue weighted by Crippen LogP contribution is -2.29. The van der Waals surface area contributed by atoms with Gasteiger partial charge in [-0.15, -0.1) is 5.10 Å². The fourth-order valence-electron chi connectivity index (χ4n) is 3.50. The number of benzene rings is 2. The van der Waals surface area contributed by atoms with Crippen molar-refractivity contribution in [3.05, 3.63) is 66.4 Å². The van der Waals surface area contributed by atoms with Crippen LogP contribution >= 0.6 is 0 Å². The molecule has 1 aliphatic rings. The molecular formula is C21H23N5O3S.